The topological polar surface area (TPSA) is 47.3 Å². The van der Waals surface area contributed by atoms with Crippen LogP contribution >= 0.6 is 0 Å². The van der Waals surface area contributed by atoms with Crippen molar-refractivity contribution in [2.45, 2.75) is 38.7 Å². The molecule has 1 aromatic carbocycles. The van der Waals surface area contributed by atoms with Gasteiger partial charge in [-0.05, 0) is 25.8 Å². The predicted octanol–water partition coefficient (Wildman–Crippen LogP) is 2.59. The van der Waals surface area contributed by atoms with Gasteiger partial charge in [0.1, 0.15) is 6.61 Å². The number of hydrogen-bond acceptors (Lipinski definition) is 3. The molecule has 0 aliphatic rings. The van der Waals surface area contributed by atoms with Crippen LogP contribution in [0.4, 0.5) is 17.6 Å². The fraction of sp³-hybridized carbons (Fsp3) is 0.571. The Morgan fingerprint density at radius 2 is 1.76 bits per heavy atom. The summed E-state index contributed by atoms with van der Waals surface area (Å²) in [5.41, 5.74) is 5.57. The van der Waals surface area contributed by atoms with Crippen LogP contribution in [0.25, 0.3) is 0 Å². The minimum absolute atomic E-state index is 0.175. The first kappa shape index (κ1) is 17.9. The molecule has 120 valence electrons. The Kier molecular flexibility index (Phi) is 6.57. The van der Waals surface area contributed by atoms with Crippen LogP contribution in [0.1, 0.15) is 16.7 Å². The molecular formula is C14H20F4N2O. The summed E-state index contributed by atoms with van der Waals surface area (Å²) in [4.78, 5) is 0. The van der Waals surface area contributed by atoms with Crippen LogP contribution in [0.15, 0.2) is 18.2 Å². The molecule has 0 saturated heterocycles. The Morgan fingerprint density at radius 1 is 1.19 bits per heavy atom. The number of ether oxygens (including phenoxy) is 1. The molecule has 1 rings (SSSR count). The smallest absolute Gasteiger partial charge is 0.330 e. The molecule has 3 nitrogen and oxygen atoms in total. The number of halogens is 4. The van der Waals surface area contributed by atoms with E-state index in [9.17, 15) is 17.6 Å². The molecule has 0 fully saturated rings. The van der Waals surface area contributed by atoms with Gasteiger partial charge in [0.15, 0.2) is 0 Å². The van der Waals surface area contributed by atoms with E-state index in [0.717, 1.165) is 16.7 Å². The summed E-state index contributed by atoms with van der Waals surface area (Å²) in [5.74, 6) is 1.20. The van der Waals surface area contributed by atoms with Crippen LogP contribution in [-0.4, -0.2) is 31.6 Å². The van der Waals surface area contributed by atoms with Gasteiger partial charge in [0.25, 0.3) is 0 Å². The lowest BCUT2D eigenvalue weighted by molar-refractivity contribution is -0.167. The Balaban J connectivity index is 2.52. The lowest BCUT2D eigenvalue weighted by atomic mass is 10.0. The molecule has 0 heterocycles. The average molecular weight is 308 g/mol. The van der Waals surface area contributed by atoms with Gasteiger partial charge in [-0.25, -0.2) is 8.78 Å². The molecule has 0 aromatic heterocycles. The van der Waals surface area contributed by atoms with Crippen molar-refractivity contribution in [2.75, 3.05) is 13.2 Å². The number of aryl methyl sites for hydroxylation is 2. The second kappa shape index (κ2) is 7.72. The van der Waals surface area contributed by atoms with Gasteiger partial charge in [-0.2, -0.15) is 8.78 Å². The van der Waals surface area contributed by atoms with Crippen molar-refractivity contribution < 1.29 is 22.3 Å². The molecule has 1 atom stereocenters. The highest BCUT2D eigenvalue weighted by molar-refractivity contribution is 5.29. The molecule has 0 bridgehead atoms. The molecule has 1 aromatic rings. The summed E-state index contributed by atoms with van der Waals surface area (Å²) in [6.45, 7) is 2.39. The van der Waals surface area contributed by atoms with Gasteiger partial charge in [-0.15, -0.1) is 0 Å². The normalized spacial score (nSPS) is 13.7. The van der Waals surface area contributed by atoms with E-state index in [-0.39, 0.29) is 6.61 Å². The summed E-state index contributed by atoms with van der Waals surface area (Å²) in [5, 5.41) is 0. The van der Waals surface area contributed by atoms with E-state index in [1.807, 2.05) is 32.0 Å². The first-order valence-electron chi connectivity index (χ1n) is 6.51. The van der Waals surface area contributed by atoms with Crippen LogP contribution in [0.2, 0.25) is 0 Å². The molecule has 3 N–H and O–H groups in total. The SMILES string of the molecule is Cc1cc(C)cc(CC(COCC(F)(F)C(F)F)NN)c1. The third-order valence-corrected chi connectivity index (χ3v) is 2.93. The predicted molar refractivity (Wildman–Crippen MR) is 72.5 cm³/mol. The van der Waals surface area contributed by atoms with Crippen LogP contribution in [0.5, 0.6) is 0 Å². The summed E-state index contributed by atoms with van der Waals surface area (Å²) >= 11 is 0. The minimum atomic E-state index is -4.14. The number of nitrogens with two attached hydrogens (primary N) is 1. The maximum atomic E-state index is 12.7. The summed E-state index contributed by atoms with van der Waals surface area (Å²) in [6.07, 6.45) is -3.28. The van der Waals surface area contributed by atoms with E-state index in [1.165, 1.54) is 0 Å². The van der Waals surface area contributed by atoms with Crippen molar-refractivity contribution in [3.8, 4) is 0 Å². The van der Waals surface area contributed by atoms with E-state index in [2.05, 4.69) is 10.2 Å². The summed E-state index contributed by atoms with van der Waals surface area (Å²) < 4.78 is 54.1. The second-order valence-electron chi connectivity index (χ2n) is 5.14. The number of benzene rings is 1. The molecule has 0 spiro atoms. The van der Waals surface area contributed by atoms with Crippen LogP contribution < -0.4 is 11.3 Å². The largest absolute Gasteiger partial charge is 0.373 e. The van der Waals surface area contributed by atoms with Gasteiger partial charge in [0, 0.05) is 6.04 Å². The second-order valence-corrected chi connectivity index (χ2v) is 5.14. The van der Waals surface area contributed by atoms with E-state index >= 15 is 0 Å². The first-order chi connectivity index (χ1) is 9.74. The van der Waals surface area contributed by atoms with Crippen molar-refractivity contribution in [3.05, 3.63) is 34.9 Å². The highest BCUT2D eigenvalue weighted by Crippen LogP contribution is 2.23. The van der Waals surface area contributed by atoms with Crippen LogP contribution in [0, 0.1) is 13.8 Å². The quantitative estimate of drug-likeness (QED) is 0.441. The average Bonchev–Trinajstić information content (AvgIpc) is 2.35. The number of nitrogens with one attached hydrogen (secondary N) is 1. The molecule has 0 amide bonds. The Labute approximate surface area is 121 Å². The first-order valence-corrected chi connectivity index (χ1v) is 6.51. The minimum Gasteiger partial charge on any atom is -0.373 e. The molecule has 0 saturated carbocycles. The zero-order valence-corrected chi connectivity index (χ0v) is 12.0. The molecular weight excluding hydrogens is 288 g/mol. The fourth-order valence-electron chi connectivity index (χ4n) is 2.04. The molecule has 21 heavy (non-hydrogen) atoms. The highest BCUT2D eigenvalue weighted by atomic mass is 19.3. The van der Waals surface area contributed by atoms with Gasteiger partial charge in [0.2, 0.25) is 0 Å². The van der Waals surface area contributed by atoms with E-state index < -0.39 is 25.0 Å². The van der Waals surface area contributed by atoms with Gasteiger partial charge in [0.05, 0.1) is 6.61 Å². The van der Waals surface area contributed by atoms with Crippen molar-refractivity contribution in [1.29, 1.82) is 0 Å². The number of alkyl halides is 4. The number of hydrogen-bond donors (Lipinski definition) is 2. The third kappa shape index (κ3) is 5.99. The third-order valence-electron chi connectivity index (χ3n) is 2.93. The van der Waals surface area contributed by atoms with E-state index in [0.29, 0.717) is 6.42 Å². The van der Waals surface area contributed by atoms with Gasteiger partial charge in [-0.1, -0.05) is 29.3 Å². The highest BCUT2D eigenvalue weighted by Gasteiger charge is 2.41. The van der Waals surface area contributed by atoms with Crippen LogP contribution in [-0.2, 0) is 11.2 Å². The monoisotopic (exact) mass is 308 g/mol. The van der Waals surface area contributed by atoms with E-state index in [1.54, 1.807) is 0 Å². The molecule has 7 heteroatoms. The van der Waals surface area contributed by atoms with Gasteiger partial charge in [-0.3, -0.25) is 11.3 Å². The summed E-state index contributed by atoms with van der Waals surface area (Å²) in [7, 11) is 0. The number of rotatable bonds is 8. The molecule has 0 aliphatic heterocycles. The number of hydrazine groups is 1. The zero-order valence-electron chi connectivity index (χ0n) is 12.0. The molecule has 0 aliphatic carbocycles. The molecule has 1 unspecified atom stereocenters. The Morgan fingerprint density at radius 3 is 2.24 bits per heavy atom. The fourth-order valence-corrected chi connectivity index (χ4v) is 2.04. The zero-order chi connectivity index (χ0) is 16.0. The van der Waals surface area contributed by atoms with Gasteiger partial charge >= 0.3 is 12.3 Å². The molecule has 0 radical (unpaired) electrons. The maximum Gasteiger partial charge on any atom is 0.330 e. The van der Waals surface area contributed by atoms with E-state index in [4.69, 9.17) is 5.84 Å². The standard InChI is InChI=1S/C14H20F4N2O/c1-9-3-10(2)5-11(4-9)6-12(20-19)7-21-8-14(17,18)13(15)16/h3-5,12-13,20H,6-8,19H2,1-2H3. The van der Waals surface area contributed by atoms with Crippen molar-refractivity contribution in [3.63, 3.8) is 0 Å². The van der Waals surface area contributed by atoms with Crippen molar-refractivity contribution in [2.24, 2.45) is 5.84 Å². The van der Waals surface area contributed by atoms with Crippen molar-refractivity contribution in [1.82, 2.24) is 5.43 Å². The Bertz CT molecular complexity index is 434. The maximum absolute atomic E-state index is 12.7. The van der Waals surface area contributed by atoms with Gasteiger partial charge < -0.3 is 4.74 Å². The lowest BCUT2D eigenvalue weighted by Crippen LogP contribution is -2.42. The van der Waals surface area contributed by atoms with Crippen LogP contribution in [0.3, 0.4) is 0 Å². The van der Waals surface area contributed by atoms with Crippen molar-refractivity contribution >= 4 is 0 Å². The summed E-state index contributed by atoms with van der Waals surface area (Å²) in [6, 6.07) is 5.48. The Hall–Kier alpha value is -1.18. The lowest BCUT2D eigenvalue weighted by Gasteiger charge is -2.20.